The monoisotopic (exact) mass is 357 g/mol. The van der Waals surface area contributed by atoms with E-state index in [1.165, 1.54) is 0 Å². The Morgan fingerprint density at radius 2 is 1.77 bits per heavy atom. The summed E-state index contributed by atoms with van der Waals surface area (Å²) in [4.78, 5) is 12.5. The first-order valence-corrected chi connectivity index (χ1v) is 8.45. The fraction of sp³-hybridized carbons (Fsp3) is 0.350. The van der Waals surface area contributed by atoms with E-state index in [2.05, 4.69) is 5.32 Å². The van der Waals surface area contributed by atoms with Gasteiger partial charge in [0.2, 0.25) is 5.75 Å². The number of ether oxygens (including phenoxy) is 4. The Hall–Kier alpha value is -2.73. The molecule has 1 aliphatic heterocycles. The van der Waals surface area contributed by atoms with Gasteiger partial charge in [-0.1, -0.05) is 12.1 Å². The molecule has 1 amide bonds. The molecule has 6 nitrogen and oxygen atoms in total. The van der Waals surface area contributed by atoms with E-state index in [1.807, 2.05) is 30.3 Å². The molecule has 26 heavy (non-hydrogen) atoms. The van der Waals surface area contributed by atoms with E-state index in [0.717, 1.165) is 17.5 Å². The third-order valence-corrected chi connectivity index (χ3v) is 4.39. The van der Waals surface area contributed by atoms with Crippen molar-refractivity contribution in [2.75, 3.05) is 34.5 Å². The van der Waals surface area contributed by atoms with Crippen molar-refractivity contribution in [2.45, 2.75) is 12.5 Å². The molecule has 0 aliphatic carbocycles. The first kappa shape index (κ1) is 18.1. The van der Waals surface area contributed by atoms with E-state index in [1.54, 1.807) is 27.4 Å². The lowest BCUT2D eigenvalue weighted by Gasteiger charge is -2.15. The molecule has 2 aromatic carbocycles. The molecule has 2 aromatic rings. The average Bonchev–Trinajstić information content (AvgIpc) is 3.19. The molecule has 6 heteroatoms. The maximum absolute atomic E-state index is 12.5. The number of rotatable bonds is 6. The molecule has 138 valence electrons. The number of carbonyl (C=O) groups is 1. The van der Waals surface area contributed by atoms with Gasteiger partial charge in [-0.05, 0) is 41.8 Å². The van der Waals surface area contributed by atoms with Crippen molar-refractivity contribution < 1.29 is 23.7 Å². The zero-order chi connectivity index (χ0) is 18.5. The maximum atomic E-state index is 12.5. The fourth-order valence-corrected chi connectivity index (χ4v) is 3.00. The van der Waals surface area contributed by atoms with Crippen LogP contribution in [0.3, 0.4) is 0 Å². The van der Waals surface area contributed by atoms with E-state index >= 15 is 0 Å². The number of hydrogen-bond donors (Lipinski definition) is 1. The molecule has 1 heterocycles. The summed E-state index contributed by atoms with van der Waals surface area (Å²) in [6.07, 6.45) is 0.846. The highest BCUT2D eigenvalue weighted by Gasteiger charge is 2.19. The average molecular weight is 357 g/mol. The summed E-state index contributed by atoms with van der Waals surface area (Å²) in [5.74, 6) is 1.57. The lowest BCUT2D eigenvalue weighted by molar-refractivity contribution is 0.0930. The second-order valence-electron chi connectivity index (χ2n) is 6.03. The summed E-state index contributed by atoms with van der Waals surface area (Å²) in [6.45, 7) is 1.26. The van der Waals surface area contributed by atoms with Crippen molar-refractivity contribution in [2.24, 2.45) is 0 Å². The topological polar surface area (TPSA) is 66.0 Å². The van der Waals surface area contributed by atoms with Crippen LogP contribution >= 0.6 is 0 Å². The number of hydrogen-bond acceptors (Lipinski definition) is 5. The van der Waals surface area contributed by atoms with Crippen molar-refractivity contribution in [1.29, 1.82) is 0 Å². The highest BCUT2D eigenvalue weighted by atomic mass is 16.5. The van der Waals surface area contributed by atoms with Crippen molar-refractivity contribution in [3.63, 3.8) is 0 Å². The number of methoxy groups -OCH3 is 3. The van der Waals surface area contributed by atoms with Gasteiger partial charge in [0.15, 0.2) is 11.5 Å². The summed E-state index contributed by atoms with van der Waals surface area (Å²) in [5.41, 5.74) is 2.36. The molecule has 0 unspecified atom stereocenters. The van der Waals surface area contributed by atoms with Crippen LogP contribution in [0.5, 0.6) is 17.2 Å². The van der Waals surface area contributed by atoms with Gasteiger partial charge in [0.1, 0.15) is 0 Å². The SMILES string of the molecule is COc1cc(-c2cccc(C(=O)N[C@@H]3CCOC3)c2)cc(OC)c1OC. The van der Waals surface area contributed by atoms with Crippen LogP contribution in [0.25, 0.3) is 11.1 Å². The van der Waals surface area contributed by atoms with Crippen molar-refractivity contribution in [3.05, 3.63) is 42.0 Å². The molecule has 1 atom stereocenters. The zero-order valence-corrected chi connectivity index (χ0v) is 15.2. The Kier molecular flexibility index (Phi) is 5.63. The van der Waals surface area contributed by atoms with Gasteiger partial charge in [0.25, 0.3) is 5.91 Å². The normalized spacial score (nSPS) is 16.2. The number of nitrogens with one attached hydrogen (secondary N) is 1. The van der Waals surface area contributed by atoms with Crippen molar-refractivity contribution in [1.82, 2.24) is 5.32 Å². The number of amides is 1. The number of benzene rings is 2. The summed E-state index contributed by atoms with van der Waals surface area (Å²) in [5, 5.41) is 3.00. The first-order valence-electron chi connectivity index (χ1n) is 8.45. The van der Waals surface area contributed by atoms with E-state index in [4.69, 9.17) is 18.9 Å². The molecule has 1 N–H and O–H groups in total. The van der Waals surface area contributed by atoms with Crippen LogP contribution in [0.15, 0.2) is 36.4 Å². The maximum Gasteiger partial charge on any atom is 0.251 e. The zero-order valence-electron chi connectivity index (χ0n) is 15.2. The quantitative estimate of drug-likeness (QED) is 0.861. The second kappa shape index (κ2) is 8.10. The first-order chi connectivity index (χ1) is 12.7. The fourth-order valence-electron chi connectivity index (χ4n) is 3.00. The van der Waals surface area contributed by atoms with Gasteiger partial charge < -0.3 is 24.3 Å². The van der Waals surface area contributed by atoms with E-state index in [0.29, 0.717) is 36.0 Å². The molecular formula is C20H23NO5. The Balaban J connectivity index is 1.91. The molecule has 0 saturated carbocycles. The molecule has 3 rings (SSSR count). The number of carbonyl (C=O) groups excluding carboxylic acids is 1. The van der Waals surface area contributed by atoms with Crippen LogP contribution in [-0.2, 0) is 4.74 Å². The molecule has 1 saturated heterocycles. The van der Waals surface area contributed by atoms with Gasteiger partial charge in [0, 0.05) is 12.2 Å². The Labute approximate surface area is 153 Å². The van der Waals surface area contributed by atoms with Crippen LogP contribution in [0.2, 0.25) is 0 Å². The van der Waals surface area contributed by atoms with Gasteiger partial charge in [-0.25, -0.2) is 0 Å². The van der Waals surface area contributed by atoms with E-state index in [-0.39, 0.29) is 11.9 Å². The van der Waals surface area contributed by atoms with Gasteiger partial charge in [-0.15, -0.1) is 0 Å². The minimum atomic E-state index is -0.102. The second-order valence-corrected chi connectivity index (χ2v) is 6.03. The standard InChI is InChI=1S/C20H23NO5/c1-23-17-10-15(11-18(24-2)19(17)25-3)13-5-4-6-14(9-13)20(22)21-16-7-8-26-12-16/h4-6,9-11,16H,7-8,12H2,1-3H3,(H,21,22)/t16-/m1/s1. The van der Waals surface area contributed by atoms with Crippen molar-refractivity contribution >= 4 is 5.91 Å². The van der Waals surface area contributed by atoms with Crippen LogP contribution in [-0.4, -0.2) is 46.5 Å². The third kappa shape index (κ3) is 3.75. The van der Waals surface area contributed by atoms with Gasteiger partial charge >= 0.3 is 0 Å². The molecule has 0 spiro atoms. The molecule has 1 fully saturated rings. The molecule has 0 radical (unpaired) electrons. The molecule has 0 aromatic heterocycles. The minimum Gasteiger partial charge on any atom is -0.493 e. The Morgan fingerprint density at radius 3 is 2.35 bits per heavy atom. The highest BCUT2D eigenvalue weighted by Crippen LogP contribution is 2.41. The van der Waals surface area contributed by atoms with Crippen LogP contribution in [0, 0.1) is 0 Å². The lowest BCUT2D eigenvalue weighted by atomic mass is 10.0. The van der Waals surface area contributed by atoms with Gasteiger partial charge in [-0.2, -0.15) is 0 Å². The van der Waals surface area contributed by atoms with Gasteiger partial charge in [-0.3, -0.25) is 4.79 Å². The summed E-state index contributed by atoms with van der Waals surface area (Å²) in [7, 11) is 4.72. The molecule has 1 aliphatic rings. The molecular weight excluding hydrogens is 334 g/mol. The smallest absolute Gasteiger partial charge is 0.251 e. The minimum absolute atomic E-state index is 0.0762. The van der Waals surface area contributed by atoms with E-state index < -0.39 is 0 Å². The lowest BCUT2D eigenvalue weighted by Crippen LogP contribution is -2.34. The summed E-state index contributed by atoms with van der Waals surface area (Å²) >= 11 is 0. The van der Waals surface area contributed by atoms with E-state index in [9.17, 15) is 4.79 Å². The van der Waals surface area contributed by atoms with Crippen LogP contribution < -0.4 is 19.5 Å². The molecule has 0 bridgehead atoms. The van der Waals surface area contributed by atoms with Crippen molar-refractivity contribution in [3.8, 4) is 28.4 Å². The largest absolute Gasteiger partial charge is 0.493 e. The van der Waals surface area contributed by atoms with Crippen LogP contribution in [0.1, 0.15) is 16.8 Å². The third-order valence-electron chi connectivity index (χ3n) is 4.39. The summed E-state index contributed by atoms with van der Waals surface area (Å²) in [6, 6.07) is 11.3. The highest BCUT2D eigenvalue weighted by molar-refractivity contribution is 5.95. The Bertz CT molecular complexity index is 759. The van der Waals surface area contributed by atoms with Gasteiger partial charge in [0.05, 0.1) is 34.0 Å². The Morgan fingerprint density at radius 1 is 1.04 bits per heavy atom. The predicted octanol–water partition coefficient (Wildman–Crippen LogP) is 2.90. The summed E-state index contributed by atoms with van der Waals surface area (Å²) < 4.78 is 21.5. The predicted molar refractivity (Wildman–Crippen MR) is 98.2 cm³/mol. The van der Waals surface area contributed by atoms with Crippen LogP contribution in [0.4, 0.5) is 0 Å².